The van der Waals surface area contributed by atoms with Crippen molar-refractivity contribution < 1.29 is 22.3 Å². The van der Waals surface area contributed by atoms with Crippen molar-refractivity contribution in [3.05, 3.63) is 59.9 Å². The lowest BCUT2D eigenvalue weighted by Gasteiger charge is -2.35. The number of halogens is 1. The highest BCUT2D eigenvalue weighted by Crippen LogP contribution is 2.26. The number of amides is 1. The number of likely N-dealkylation sites (N-methyl/N-ethyl adjacent to an activating group) is 1. The van der Waals surface area contributed by atoms with Crippen molar-refractivity contribution >= 4 is 15.9 Å². The Labute approximate surface area is 195 Å². The second kappa shape index (κ2) is 11.1. The quantitative estimate of drug-likeness (QED) is 0.556. The number of rotatable bonds is 9. The van der Waals surface area contributed by atoms with Gasteiger partial charge in [0.1, 0.15) is 11.6 Å². The topological polar surface area (TPSA) is 70.2 Å². The van der Waals surface area contributed by atoms with Gasteiger partial charge in [0.25, 0.3) is 0 Å². The maximum atomic E-state index is 13.5. The van der Waals surface area contributed by atoms with E-state index in [1.165, 1.54) is 35.7 Å². The molecule has 180 valence electrons. The molecule has 0 saturated carbocycles. The van der Waals surface area contributed by atoms with Crippen LogP contribution in [0.5, 0.6) is 5.75 Å². The first kappa shape index (κ1) is 25.1. The molecule has 0 aliphatic carbocycles. The average Bonchev–Trinajstić information content (AvgIpc) is 2.82. The molecule has 1 atom stereocenters. The summed E-state index contributed by atoms with van der Waals surface area (Å²) in [6, 6.07) is 12.4. The van der Waals surface area contributed by atoms with E-state index in [2.05, 4.69) is 0 Å². The molecule has 1 aliphatic heterocycles. The largest absolute Gasteiger partial charge is 0.497 e. The maximum Gasteiger partial charge on any atom is 0.243 e. The molecule has 0 radical (unpaired) electrons. The minimum absolute atomic E-state index is 0.0733. The molecule has 0 aromatic heterocycles. The number of hydrogen-bond acceptors (Lipinski definition) is 5. The first-order valence-electron chi connectivity index (χ1n) is 11.0. The van der Waals surface area contributed by atoms with Gasteiger partial charge < -0.3 is 14.5 Å². The number of nitrogens with zero attached hydrogens (tertiary/aromatic N) is 3. The lowest BCUT2D eigenvalue weighted by atomic mass is 9.97. The zero-order valence-corrected chi connectivity index (χ0v) is 20.2. The second-order valence-corrected chi connectivity index (χ2v) is 10.5. The van der Waals surface area contributed by atoms with Crippen molar-refractivity contribution in [1.82, 2.24) is 14.1 Å². The Bertz CT molecular complexity index is 1030. The second-order valence-electron chi connectivity index (χ2n) is 8.57. The van der Waals surface area contributed by atoms with Gasteiger partial charge in [-0.2, -0.15) is 4.31 Å². The summed E-state index contributed by atoms with van der Waals surface area (Å²) >= 11 is 0. The molecule has 2 aromatic rings. The van der Waals surface area contributed by atoms with Crippen molar-refractivity contribution in [1.29, 1.82) is 0 Å². The highest BCUT2D eigenvalue weighted by atomic mass is 32.2. The van der Waals surface area contributed by atoms with Crippen LogP contribution in [0.25, 0.3) is 0 Å². The van der Waals surface area contributed by atoms with Crippen LogP contribution in [0.15, 0.2) is 53.4 Å². The van der Waals surface area contributed by atoms with Crippen LogP contribution in [-0.2, 0) is 21.4 Å². The van der Waals surface area contributed by atoms with Gasteiger partial charge >= 0.3 is 0 Å². The van der Waals surface area contributed by atoms with Crippen LogP contribution < -0.4 is 4.74 Å². The van der Waals surface area contributed by atoms with E-state index in [1.807, 2.05) is 19.0 Å². The van der Waals surface area contributed by atoms with E-state index in [0.717, 1.165) is 5.56 Å². The van der Waals surface area contributed by atoms with Crippen LogP contribution in [0, 0.1) is 11.7 Å². The first-order chi connectivity index (χ1) is 15.7. The maximum absolute atomic E-state index is 13.5. The molecule has 0 N–H and O–H groups in total. The summed E-state index contributed by atoms with van der Waals surface area (Å²) in [5.74, 6) is -0.236. The lowest BCUT2D eigenvalue weighted by Crippen LogP contribution is -2.47. The fourth-order valence-corrected chi connectivity index (χ4v) is 5.44. The molecule has 0 bridgehead atoms. The van der Waals surface area contributed by atoms with Gasteiger partial charge in [0.05, 0.1) is 17.9 Å². The summed E-state index contributed by atoms with van der Waals surface area (Å²) in [6.45, 7) is 2.07. The molecule has 7 nitrogen and oxygen atoms in total. The average molecular weight is 478 g/mol. The molecule has 33 heavy (non-hydrogen) atoms. The number of ether oxygens (including phenoxy) is 1. The third-order valence-electron chi connectivity index (χ3n) is 5.85. The van der Waals surface area contributed by atoms with Crippen LogP contribution in [0.4, 0.5) is 4.39 Å². The predicted octanol–water partition coefficient (Wildman–Crippen LogP) is 2.83. The summed E-state index contributed by atoms with van der Waals surface area (Å²) in [7, 11) is 1.68. The smallest absolute Gasteiger partial charge is 0.243 e. The van der Waals surface area contributed by atoms with Gasteiger partial charge in [-0.15, -0.1) is 0 Å². The fraction of sp³-hybridized carbons (Fsp3) is 0.458. The molecule has 9 heteroatoms. The Morgan fingerprint density at radius 1 is 1.09 bits per heavy atom. The molecular formula is C24H32FN3O4S. The van der Waals surface area contributed by atoms with E-state index >= 15 is 0 Å². The Kier molecular flexibility index (Phi) is 8.45. The molecule has 1 unspecified atom stereocenters. The first-order valence-corrected chi connectivity index (χ1v) is 12.5. The molecule has 1 amide bonds. The minimum Gasteiger partial charge on any atom is -0.497 e. The van der Waals surface area contributed by atoms with E-state index in [0.29, 0.717) is 44.8 Å². The van der Waals surface area contributed by atoms with E-state index in [1.54, 1.807) is 29.2 Å². The summed E-state index contributed by atoms with van der Waals surface area (Å²) in [4.78, 5) is 17.4. The van der Waals surface area contributed by atoms with Crippen molar-refractivity contribution in [2.45, 2.75) is 24.3 Å². The number of carbonyl (C=O) groups is 1. The Morgan fingerprint density at radius 2 is 1.76 bits per heavy atom. The highest BCUT2D eigenvalue weighted by Gasteiger charge is 2.35. The van der Waals surface area contributed by atoms with Crippen LogP contribution in [0.3, 0.4) is 0 Å². The molecule has 1 aliphatic rings. The summed E-state index contributed by atoms with van der Waals surface area (Å²) in [5, 5.41) is 0. The predicted molar refractivity (Wildman–Crippen MR) is 125 cm³/mol. The van der Waals surface area contributed by atoms with Crippen LogP contribution >= 0.6 is 0 Å². The minimum atomic E-state index is -3.71. The summed E-state index contributed by atoms with van der Waals surface area (Å²) < 4.78 is 46.2. The lowest BCUT2D eigenvalue weighted by molar-refractivity contribution is -0.137. The standard InChI is InChI=1S/C24H32FN3O4S/c1-26(2)15-16-27(17-19-6-8-21(25)9-7-19)24(29)20-5-4-14-28(18-20)33(30,31)23-12-10-22(32-3)11-13-23/h6-13,20H,4-5,14-18H2,1-3H3. The van der Waals surface area contributed by atoms with Crippen molar-refractivity contribution in [3.8, 4) is 5.75 Å². The van der Waals surface area contributed by atoms with Crippen molar-refractivity contribution in [2.75, 3.05) is 47.4 Å². The normalized spacial score (nSPS) is 17.2. The van der Waals surface area contributed by atoms with Crippen molar-refractivity contribution in [3.63, 3.8) is 0 Å². The molecule has 1 fully saturated rings. The molecule has 1 saturated heterocycles. The zero-order chi connectivity index (χ0) is 24.0. The van der Waals surface area contributed by atoms with E-state index < -0.39 is 15.9 Å². The van der Waals surface area contributed by atoms with Crippen molar-refractivity contribution in [2.24, 2.45) is 5.92 Å². The zero-order valence-electron chi connectivity index (χ0n) is 19.4. The Balaban J connectivity index is 1.75. The fourth-order valence-electron chi connectivity index (χ4n) is 3.92. The highest BCUT2D eigenvalue weighted by molar-refractivity contribution is 7.89. The SMILES string of the molecule is COc1ccc(S(=O)(=O)N2CCCC(C(=O)N(CCN(C)C)Cc3ccc(F)cc3)C2)cc1. The third kappa shape index (κ3) is 6.52. The van der Waals surface area contributed by atoms with Gasteiger partial charge in [-0.25, -0.2) is 12.8 Å². The molecule has 2 aromatic carbocycles. The monoisotopic (exact) mass is 477 g/mol. The van der Waals surface area contributed by atoms with Gasteiger partial charge in [0, 0.05) is 32.7 Å². The van der Waals surface area contributed by atoms with Crippen LogP contribution in [0.2, 0.25) is 0 Å². The van der Waals surface area contributed by atoms with Gasteiger partial charge in [-0.3, -0.25) is 4.79 Å². The number of sulfonamides is 1. The summed E-state index contributed by atoms with van der Waals surface area (Å²) in [5.41, 5.74) is 0.835. The molecule has 0 spiro atoms. The molecule has 1 heterocycles. The number of carbonyl (C=O) groups excluding carboxylic acids is 1. The van der Waals surface area contributed by atoms with Gasteiger partial charge in [-0.05, 0) is 68.9 Å². The summed E-state index contributed by atoms with van der Waals surface area (Å²) in [6.07, 6.45) is 1.25. The van der Waals surface area contributed by atoms with E-state index in [9.17, 15) is 17.6 Å². The van der Waals surface area contributed by atoms with Crippen LogP contribution in [0.1, 0.15) is 18.4 Å². The van der Waals surface area contributed by atoms with Crippen LogP contribution in [-0.4, -0.2) is 75.8 Å². The third-order valence-corrected chi connectivity index (χ3v) is 7.73. The van der Waals surface area contributed by atoms with Gasteiger partial charge in [-0.1, -0.05) is 12.1 Å². The van der Waals surface area contributed by atoms with E-state index in [4.69, 9.17) is 4.74 Å². The number of hydrogen-bond donors (Lipinski definition) is 0. The number of benzene rings is 2. The Morgan fingerprint density at radius 3 is 2.36 bits per heavy atom. The number of methoxy groups -OCH3 is 1. The van der Waals surface area contributed by atoms with Gasteiger partial charge in [0.2, 0.25) is 15.9 Å². The van der Waals surface area contributed by atoms with E-state index in [-0.39, 0.29) is 23.2 Å². The Hall–Kier alpha value is -2.49. The molecule has 3 rings (SSSR count). The van der Waals surface area contributed by atoms with Gasteiger partial charge in [0.15, 0.2) is 0 Å². The molecular weight excluding hydrogens is 445 g/mol. The number of piperidine rings is 1.